The molecule has 0 unspecified atom stereocenters. The Hall–Kier alpha value is -2.67. The fraction of sp³-hybridized carbons (Fsp3) is 0.333. The van der Waals surface area contributed by atoms with E-state index in [1.165, 1.54) is 86.6 Å². The SMILES string of the molecule is [B][B]B([B])B(B([B])[B])c1c(C)c(C)c(B([B])B([B])[B])c2c(-c3c4c(C)c(C)c(C)c(C)c4c(-c4c(C)c(C)c(C)c(C)c4C)c4c(C)c(C)c(C)c(C)c34)c(B([B])[B])c([B][B])c([B])c12. The first-order chi connectivity index (χ1) is 29.8. The molecule has 24 radical (unpaired) electrons. The third-order valence-electron chi connectivity index (χ3n) is 16.0. The Balaban J connectivity index is 2.24. The molecule has 6 aromatic rings. The van der Waals surface area contributed by atoms with Crippen molar-refractivity contribution in [2.45, 2.75) is 104 Å². The lowest BCUT2D eigenvalue weighted by Crippen LogP contribution is -2.64. The van der Waals surface area contributed by atoms with Crippen LogP contribution in [0.4, 0.5) is 0 Å². The molecule has 0 aliphatic heterocycles. The Morgan fingerprint density at radius 2 is 0.703 bits per heavy atom. The van der Waals surface area contributed by atoms with Crippen molar-refractivity contribution < 1.29 is 0 Å². The first-order valence-corrected chi connectivity index (χ1v) is 22.4. The molecular formula is C45H45B19. The molecule has 0 amide bonds. The highest BCUT2D eigenvalue weighted by atomic mass is 14.3. The molecule has 0 nitrogen and oxygen atoms in total. The van der Waals surface area contributed by atoms with E-state index in [9.17, 15) is 0 Å². The summed E-state index contributed by atoms with van der Waals surface area (Å²) in [5, 5.41) is 5.73. The minimum atomic E-state index is -1.07. The van der Waals surface area contributed by atoms with Crippen molar-refractivity contribution in [3.05, 3.63) is 83.5 Å². The second-order valence-corrected chi connectivity index (χ2v) is 18.9. The van der Waals surface area contributed by atoms with E-state index in [-0.39, 0.29) is 0 Å². The summed E-state index contributed by atoms with van der Waals surface area (Å²) >= 11 is 0. The van der Waals surface area contributed by atoms with Crippen molar-refractivity contribution in [2.24, 2.45) is 0 Å². The second-order valence-electron chi connectivity index (χ2n) is 18.9. The largest absolute Gasteiger partial charge is 0.113 e. The maximum Gasteiger partial charge on any atom is 0.113 e. The van der Waals surface area contributed by atoms with Crippen molar-refractivity contribution in [3.63, 3.8) is 0 Å². The molecule has 6 rings (SSSR count). The zero-order valence-electron chi connectivity index (χ0n) is 41.0. The Bertz CT molecular complexity index is 2840. The normalized spacial score (nSPS) is 11.4. The van der Waals surface area contributed by atoms with Crippen LogP contribution in [0.2, 0.25) is 0 Å². The number of aryl methyl sites for hydroxylation is 4. The number of hydrogen-bond donors (Lipinski definition) is 0. The van der Waals surface area contributed by atoms with Crippen molar-refractivity contribution in [1.82, 2.24) is 0 Å². The molecule has 0 aromatic heterocycles. The molecule has 0 spiro atoms. The van der Waals surface area contributed by atoms with Gasteiger partial charge in [-0.1, -0.05) is 33.0 Å². The average Bonchev–Trinajstić information content (AvgIpc) is 3.24. The van der Waals surface area contributed by atoms with Crippen LogP contribution in [0.3, 0.4) is 0 Å². The molecule has 64 heavy (non-hydrogen) atoms. The molecule has 0 atom stereocenters. The summed E-state index contributed by atoms with van der Waals surface area (Å²) in [7, 11) is 78.2. The summed E-state index contributed by atoms with van der Waals surface area (Å²) in [5.74, 6) is 0. The number of hydrogen-bond acceptors (Lipinski definition) is 0. The van der Waals surface area contributed by atoms with Gasteiger partial charge in [0.05, 0.1) is 26.7 Å². The molecule has 19 heteroatoms. The minimum Gasteiger partial charge on any atom is -0.111 e. The maximum atomic E-state index is 7.47. The topological polar surface area (TPSA) is 0 Å². The zero-order valence-corrected chi connectivity index (χ0v) is 41.0. The van der Waals surface area contributed by atoms with Crippen molar-refractivity contribution in [3.8, 4) is 22.3 Å². The van der Waals surface area contributed by atoms with E-state index >= 15 is 0 Å². The fourth-order valence-electron chi connectivity index (χ4n) is 11.2. The number of rotatable bonds is 10. The van der Waals surface area contributed by atoms with E-state index in [1.807, 2.05) is 13.8 Å². The van der Waals surface area contributed by atoms with Gasteiger partial charge in [-0.05, 0) is 231 Å². The van der Waals surface area contributed by atoms with Crippen LogP contribution in [0.5, 0.6) is 0 Å². The van der Waals surface area contributed by atoms with Gasteiger partial charge in [0.1, 0.15) is 7.85 Å². The molecule has 0 bridgehead atoms. The van der Waals surface area contributed by atoms with Crippen LogP contribution >= 0.6 is 0 Å². The predicted octanol–water partition coefficient (Wildman–Crippen LogP) is 1.74. The van der Waals surface area contributed by atoms with Crippen LogP contribution in [-0.4, -0.2) is 138 Å². The van der Waals surface area contributed by atoms with Gasteiger partial charge in [0, 0.05) is 104 Å². The molecule has 6 aromatic carbocycles. The van der Waals surface area contributed by atoms with Gasteiger partial charge in [0.15, 0.2) is 0 Å². The van der Waals surface area contributed by atoms with Gasteiger partial charge in [0.25, 0.3) is 0 Å². The Kier molecular flexibility index (Phi) is 14.6. The van der Waals surface area contributed by atoms with Crippen LogP contribution in [0.1, 0.15) is 83.5 Å². The summed E-state index contributed by atoms with van der Waals surface area (Å²) < 4.78 is 0. The first-order valence-electron chi connectivity index (χ1n) is 22.4. The van der Waals surface area contributed by atoms with Gasteiger partial charge in [0.2, 0.25) is 0 Å². The van der Waals surface area contributed by atoms with Gasteiger partial charge < -0.3 is 0 Å². The minimum absolute atomic E-state index is 0.325. The summed E-state index contributed by atoms with van der Waals surface area (Å²) in [4.78, 5) is 0. The van der Waals surface area contributed by atoms with Crippen LogP contribution in [0.25, 0.3) is 54.6 Å². The molecule has 0 saturated carbocycles. The Morgan fingerprint density at radius 3 is 1.05 bits per heavy atom. The smallest absolute Gasteiger partial charge is 0.111 e. The van der Waals surface area contributed by atoms with Crippen LogP contribution in [-0.2, 0) is 0 Å². The molecule has 0 saturated heterocycles. The van der Waals surface area contributed by atoms with E-state index in [2.05, 4.69) is 90.0 Å². The average molecular weight is 791 g/mol. The van der Waals surface area contributed by atoms with Crippen molar-refractivity contribution in [1.29, 1.82) is 0 Å². The molecule has 0 heterocycles. The Morgan fingerprint density at radius 1 is 0.344 bits per heavy atom. The van der Waals surface area contributed by atoms with Gasteiger partial charge in [-0.2, -0.15) is 0 Å². The predicted molar refractivity (Wildman–Crippen MR) is 308 cm³/mol. The highest BCUT2D eigenvalue weighted by molar-refractivity contribution is 7.87. The summed E-state index contributed by atoms with van der Waals surface area (Å²) in [5.41, 5.74) is 24.3. The van der Waals surface area contributed by atoms with Crippen LogP contribution in [0.15, 0.2) is 0 Å². The van der Waals surface area contributed by atoms with Gasteiger partial charge in [-0.15, -0.1) is 5.46 Å². The van der Waals surface area contributed by atoms with E-state index < -0.39 is 38.6 Å². The number of benzene rings is 6. The molecule has 282 valence electrons. The van der Waals surface area contributed by atoms with E-state index in [1.54, 1.807) is 0 Å². The van der Waals surface area contributed by atoms with E-state index in [4.69, 9.17) is 85.2 Å². The highest BCUT2D eigenvalue weighted by Crippen LogP contribution is 2.53. The Labute approximate surface area is 404 Å². The standard InChI is InChI=1S/C45H45B19/c1-16-17(2)23(8)31(24(9)18(16)3)36-32-25(10)19(4)21(6)27(12)34(32)37(35-28(13)22(7)20(5)26(11)33(35)36)38-39-40(41(46)42(57-47)45(38)59(49)50)44(61(63(54)55)64(56)58-48)30(15)29(14)43(39)60(51)62(52)53/h1-15H3. The fourth-order valence-corrected chi connectivity index (χ4v) is 11.2. The lowest BCUT2D eigenvalue weighted by molar-refractivity contribution is 1.18. The second kappa shape index (κ2) is 18.4. The molecule has 0 N–H and O–H groups in total. The first kappa shape index (κ1) is 50.7. The summed E-state index contributed by atoms with van der Waals surface area (Å²) in [6, 6.07) is 0. The van der Waals surface area contributed by atoms with Crippen LogP contribution in [0, 0.1) is 104 Å². The molecule has 0 aliphatic carbocycles. The molecule has 0 aliphatic rings. The number of fused-ring (bicyclic) bond motifs is 3. The third kappa shape index (κ3) is 7.39. The van der Waals surface area contributed by atoms with E-state index in [0.29, 0.717) is 32.6 Å². The van der Waals surface area contributed by atoms with Crippen LogP contribution < -0.4 is 27.3 Å². The van der Waals surface area contributed by atoms with Gasteiger partial charge in [-0.3, -0.25) is 0 Å². The summed E-state index contributed by atoms with van der Waals surface area (Å²) in [6.45, 7) is 30.4. The summed E-state index contributed by atoms with van der Waals surface area (Å²) in [6.07, 6.45) is -2.68. The molecule has 0 fully saturated rings. The van der Waals surface area contributed by atoms with Gasteiger partial charge >= 0.3 is 0 Å². The van der Waals surface area contributed by atoms with Gasteiger partial charge in [-0.25, -0.2) is 0 Å². The molecular weight excluding hydrogens is 746 g/mol. The zero-order chi connectivity index (χ0) is 48.2. The van der Waals surface area contributed by atoms with E-state index in [0.717, 1.165) is 60.4 Å². The lowest BCUT2D eigenvalue weighted by atomic mass is 8.68. The third-order valence-corrected chi connectivity index (χ3v) is 16.0. The lowest BCUT2D eigenvalue weighted by Gasteiger charge is -2.36. The monoisotopic (exact) mass is 795 g/mol. The maximum absolute atomic E-state index is 7.47. The quantitative estimate of drug-likeness (QED) is 0.147. The highest BCUT2D eigenvalue weighted by Gasteiger charge is 2.37. The van der Waals surface area contributed by atoms with Crippen molar-refractivity contribution >= 4 is 198 Å². The van der Waals surface area contributed by atoms with Crippen molar-refractivity contribution in [2.75, 3.05) is 0 Å².